The maximum absolute atomic E-state index is 12.5. The number of carbonyl (C=O) groups is 1. The van der Waals surface area contributed by atoms with E-state index in [2.05, 4.69) is 22.0 Å². The molecule has 3 aromatic heterocycles. The Bertz CT molecular complexity index is 856. The first-order valence-electron chi connectivity index (χ1n) is 7.70. The van der Waals surface area contributed by atoms with E-state index in [9.17, 15) is 4.79 Å². The molecule has 3 aromatic rings. The van der Waals surface area contributed by atoms with Crippen molar-refractivity contribution in [2.75, 3.05) is 5.75 Å². The van der Waals surface area contributed by atoms with E-state index in [4.69, 9.17) is 4.42 Å². The summed E-state index contributed by atoms with van der Waals surface area (Å²) in [4.78, 5) is 21.5. The van der Waals surface area contributed by atoms with Gasteiger partial charge in [-0.05, 0) is 18.6 Å². The molecule has 4 rings (SSSR count). The minimum Gasteiger partial charge on any atom is -0.469 e. The van der Waals surface area contributed by atoms with Gasteiger partial charge in [-0.1, -0.05) is 18.7 Å². The Morgan fingerprint density at radius 3 is 3.09 bits per heavy atom. The number of furan rings is 1. The second kappa shape index (κ2) is 5.81. The van der Waals surface area contributed by atoms with Crippen molar-refractivity contribution in [3.63, 3.8) is 0 Å². The van der Waals surface area contributed by atoms with E-state index in [1.54, 1.807) is 28.7 Å². The van der Waals surface area contributed by atoms with Crippen molar-refractivity contribution in [2.45, 2.75) is 37.3 Å². The molecule has 0 spiro atoms. The van der Waals surface area contributed by atoms with Gasteiger partial charge in [-0.3, -0.25) is 4.79 Å². The summed E-state index contributed by atoms with van der Waals surface area (Å²) in [5, 5.41) is 5.10. The maximum atomic E-state index is 12.5. The molecule has 0 saturated carbocycles. The zero-order valence-corrected chi connectivity index (χ0v) is 13.5. The zero-order chi connectivity index (χ0) is 15.8. The van der Waals surface area contributed by atoms with Gasteiger partial charge in [0.05, 0.1) is 17.5 Å². The van der Waals surface area contributed by atoms with E-state index in [0.717, 1.165) is 23.6 Å². The fraction of sp³-hybridized carbons (Fsp3) is 0.375. The van der Waals surface area contributed by atoms with Crippen LogP contribution < -0.4 is 0 Å². The van der Waals surface area contributed by atoms with Crippen LogP contribution in [0.25, 0.3) is 5.78 Å². The zero-order valence-electron chi connectivity index (χ0n) is 12.7. The van der Waals surface area contributed by atoms with Crippen LogP contribution in [0.4, 0.5) is 0 Å². The third-order valence-corrected chi connectivity index (χ3v) is 4.99. The predicted molar refractivity (Wildman–Crippen MR) is 85.9 cm³/mol. The third-order valence-electron chi connectivity index (χ3n) is 3.94. The number of thioether (sulfide) groups is 1. The minimum absolute atomic E-state index is 0.0526. The molecule has 0 fully saturated rings. The van der Waals surface area contributed by atoms with Gasteiger partial charge in [-0.2, -0.15) is 4.98 Å². The molecule has 0 amide bonds. The first-order chi connectivity index (χ1) is 11.2. The van der Waals surface area contributed by atoms with Crippen molar-refractivity contribution in [1.82, 2.24) is 19.6 Å². The lowest BCUT2D eigenvalue weighted by Gasteiger charge is -2.20. The summed E-state index contributed by atoms with van der Waals surface area (Å²) >= 11 is 1.61. The van der Waals surface area contributed by atoms with Gasteiger partial charge in [0.25, 0.3) is 5.78 Å². The van der Waals surface area contributed by atoms with Crippen LogP contribution in [0.5, 0.6) is 0 Å². The number of aromatic nitrogens is 4. The number of ketones is 1. The molecule has 3 heterocycles. The highest BCUT2D eigenvalue weighted by molar-refractivity contribution is 7.99. The molecule has 23 heavy (non-hydrogen) atoms. The Kier molecular flexibility index (Phi) is 3.65. The van der Waals surface area contributed by atoms with Crippen molar-refractivity contribution in [3.05, 3.63) is 41.6 Å². The van der Waals surface area contributed by atoms with Crippen molar-refractivity contribution in [3.8, 4) is 0 Å². The van der Waals surface area contributed by atoms with Crippen LogP contribution in [-0.2, 0) is 6.42 Å². The van der Waals surface area contributed by atoms with Crippen molar-refractivity contribution in [2.24, 2.45) is 0 Å². The Morgan fingerprint density at radius 1 is 1.39 bits per heavy atom. The Labute approximate surface area is 137 Å². The van der Waals surface area contributed by atoms with E-state index >= 15 is 0 Å². The second-order valence-electron chi connectivity index (χ2n) is 5.63. The molecule has 0 bridgehead atoms. The average Bonchev–Trinajstić information content (AvgIpc) is 3.20. The first kappa shape index (κ1) is 14.4. The van der Waals surface area contributed by atoms with Crippen LogP contribution in [0.3, 0.4) is 0 Å². The van der Waals surface area contributed by atoms with Crippen LogP contribution in [0.15, 0.2) is 34.2 Å². The van der Waals surface area contributed by atoms with Crippen LogP contribution in [0, 0.1) is 0 Å². The number of nitrogens with zero attached hydrogens (tertiary/aromatic N) is 4. The topological polar surface area (TPSA) is 73.3 Å². The van der Waals surface area contributed by atoms with Gasteiger partial charge >= 0.3 is 0 Å². The molecule has 0 aliphatic heterocycles. The molecular formula is C16H16N4O2S. The maximum Gasteiger partial charge on any atom is 0.253 e. The molecular weight excluding hydrogens is 312 g/mol. The van der Waals surface area contributed by atoms with Gasteiger partial charge < -0.3 is 4.42 Å². The lowest BCUT2D eigenvalue weighted by atomic mass is 9.85. The highest BCUT2D eigenvalue weighted by Crippen LogP contribution is 2.32. The lowest BCUT2D eigenvalue weighted by molar-refractivity contribution is 0.0958. The Balaban J connectivity index is 1.70. The van der Waals surface area contributed by atoms with Crippen LogP contribution in [0.2, 0.25) is 0 Å². The molecule has 0 N–H and O–H groups in total. The van der Waals surface area contributed by atoms with E-state index < -0.39 is 0 Å². The SMILES string of the molecule is CCCSc1nc2nc3c(cn2n1)C(=O)C[C@H](c1ccco1)C3. The fourth-order valence-electron chi connectivity index (χ4n) is 2.84. The summed E-state index contributed by atoms with van der Waals surface area (Å²) in [6.07, 6.45) is 5.60. The highest BCUT2D eigenvalue weighted by Gasteiger charge is 2.30. The van der Waals surface area contributed by atoms with Gasteiger partial charge in [0.2, 0.25) is 5.16 Å². The molecule has 118 valence electrons. The van der Waals surface area contributed by atoms with Crippen LogP contribution >= 0.6 is 11.8 Å². The second-order valence-corrected chi connectivity index (χ2v) is 6.69. The standard InChI is InChI=1S/C16H16N4O2S/c1-2-6-23-16-18-15-17-12-7-10(14-4-3-5-22-14)8-13(21)11(12)9-20(15)19-16/h3-5,9-10H,2,6-8H2,1H3/t10-/m1/s1. The van der Waals surface area contributed by atoms with Gasteiger partial charge in [-0.15, -0.1) is 5.10 Å². The number of hydrogen-bond donors (Lipinski definition) is 0. The number of Topliss-reactive ketones (excluding diaryl/α,β-unsaturated/α-hetero) is 1. The quantitative estimate of drug-likeness (QED) is 0.685. The fourth-order valence-corrected chi connectivity index (χ4v) is 3.52. The normalized spacial score (nSPS) is 17.6. The summed E-state index contributed by atoms with van der Waals surface area (Å²) < 4.78 is 7.07. The van der Waals surface area contributed by atoms with Gasteiger partial charge in [0.15, 0.2) is 5.78 Å². The number of rotatable bonds is 4. The van der Waals surface area contributed by atoms with Crippen molar-refractivity contribution in [1.29, 1.82) is 0 Å². The number of carbonyl (C=O) groups excluding carboxylic acids is 1. The molecule has 6 nitrogen and oxygen atoms in total. The van der Waals surface area contributed by atoms with Crippen LogP contribution in [0.1, 0.15) is 47.5 Å². The molecule has 7 heteroatoms. The minimum atomic E-state index is 0.0526. The van der Waals surface area contributed by atoms with E-state index in [0.29, 0.717) is 29.3 Å². The molecule has 0 unspecified atom stereocenters. The Hall–Kier alpha value is -2.15. The lowest BCUT2D eigenvalue weighted by Crippen LogP contribution is -2.21. The van der Waals surface area contributed by atoms with E-state index in [1.165, 1.54) is 0 Å². The molecule has 0 saturated heterocycles. The van der Waals surface area contributed by atoms with Crippen molar-refractivity contribution < 1.29 is 9.21 Å². The van der Waals surface area contributed by atoms with E-state index in [-0.39, 0.29) is 11.7 Å². The highest BCUT2D eigenvalue weighted by atomic mass is 32.2. The summed E-state index contributed by atoms with van der Waals surface area (Å²) in [6, 6.07) is 3.76. The summed E-state index contributed by atoms with van der Waals surface area (Å²) in [6.45, 7) is 2.12. The van der Waals surface area contributed by atoms with Crippen LogP contribution in [-0.4, -0.2) is 31.1 Å². The molecule has 0 radical (unpaired) electrons. The smallest absolute Gasteiger partial charge is 0.253 e. The number of fused-ring (bicyclic) bond motifs is 2. The molecule has 0 aromatic carbocycles. The third kappa shape index (κ3) is 2.65. The van der Waals surface area contributed by atoms with Gasteiger partial charge in [0.1, 0.15) is 5.76 Å². The molecule has 1 aliphatic rings. The predicted octanol–water partition coefficient (Wildman–Crippen LogP) is 3.13. The number of hydrogen-bond acceptors (Lipinski definition) is 6. The summed E-state index contributed by atoms with van der Waals surface area (Å²) in [5.74, 6) is 2.49. The summed E-state index contributed by atoms with van der Waals surface area (Å²) in [5.41, 5.74) is 1.44. The van der Waals surface area contributed by atoms with E-state index in [1.807, 2.05) is 12.1 Å². The van der Waals surface area contributed by atoms with Gasteiger partial charge in [0, 0.05) is 30.7 Å². The largest absolute Gasteiger partial charge is 0.469 e. The van der Waals surface area contributed by atoms with Crippen molar-refractivity contribution >= 4 is 23.3 Å². The Morgan fingerprint density at radius 2 is 2.30 bits per heavy atom. The monoisotopic (exact) mass is 328 g/mol. The van der Waals surface area contributed by atoms with Gasteiger partial charge in [-0.25, -0.2) is 9.50 Å². The molecule has 1 atom stereocenters. The summed E-state index contributed by atoms with van der Waals surface area (Å²) in [7, 11) is 0. The molecule has 1 aliphatic carbocycles. The average molecular weight is 328 g/mol. The first-order valence-corrected chi connectivity index (χ1v) is 8.69.